The summed E-state index contributed by atoms with van der Waals surface area (Å²) in [5.74, 6) is -1.32. The number of nitrogens with zero attached hydrogens (tertiary/aromatic N) is 2. The molecule has 3 aromatic rings. The molecule has 0 aliphatic rings. The number of benzene rings is 2. The number of carbonyl (C=O) groups excluding carboxylic acids is 2. The zero-order valence-electron chi connectivity index (χ0n) is 15.0. The molecule has 0 saturated heterocycles. The molecule has 0 saturated carbocycles. The average molecular weight is 368 g/mol. The van der Waals surface area contributed by atoms with Gasteiger partial charge < -0.3 is 11.1 Å². The number of rotatable bonds is 7. The predicted molar refractivity (Wildman–Crippen MR) is 101 cm³/mol. The van der Waals surface area contributed by atoms with Gasteiger partial charge in [-0.25, -0.2) is 4.39 Å². The predicted octanol–water partition coefficient (Wildman–Crippen LogP) is 2.61. The van der Waals surface area contributed by atoms with Crippen molar-refractivity contribution in [3.05, 3.63) is 65.6 Å². The molecule has 0 fully saturated rings. The number of aromatic nitrogens is 2. The molecule has 2 amide bonds. The van der Waals surface area contributed by atoms with Crippen LogP contribution in [0, 0.1) is 5.82 Å². The number of carbonyl (C=O) groups is 2. The van der Waals surface area contributed by atoms with Crippen LogP contribution in [0.4, 0.5) is 4.39 Å². The van der Waals surface area contributed by atoms with Gasteiger partial charge in [0.25, 0.3) is 5.91 Å². The van der Waals surface area contributed by atoms with Crippen LogP contribution in [0.1, 0.15) is 35.8 Å². The normalized spacial score (nSPS) is 12.1. The molecule has 27 heavy (non-hydrogen) atoms. The number of fused-ring (bicyclic) bond motifs is 1. The van der Waals surface area contributed by atoms with Crippen molar-refractivity contribution in [2.24, 2.45) is 5.73 Å². The number of hydrogen-bond acceptors (Lipinski definition) is 3. The fourth-order valence-corrected chi connectivity index (χ4v) is 2.98. The Balaban J connectivity index is 1.93. The molecular weight excluding hydrogens is 347 g/mol. The highest BCUT2D eigenvalue weighted by molar-refractivity contribution is 6.06. The summed E-state index contributed by atoms with van der Waals surface area (Å²) < 4.78 is 14.8. The molecular formula is C20H21FN4O2. The second-order valence-corrected chi connectivity index (χ2v) is 6.37. The van der Waals surface area contributed by atoms with Crippen LogP contribution in [0.15, 0.2) is 48.5 Å². The first-order chi connectivity index (χ1) is 13.0. The van der Waals surface area contributed by atoms with Gasteiger partial charge in [0.1, 0.15) is 11.9 Å². The fraction of sp³-hybridized carbons (Fsp3) is 0.250. The van der Waals surface area contributed by atoms with Gasteiger partial charge >= 0.3 is 0 Å². The molecule has 1 heterocycles. The first kappa shape index (κ1) is 18.6. The fourth-order valence-electron chi connectivity index (χ4n) is 2.98. The van der Waals surface area contributed by atoms with Crippen LogP contribution in [0.2, 0.25) is 0 Å². The lowest BCUT2D eigenvalue weighted by Gasteiger charge is -2.13. The van der Waals surface area contributed by atoms with Gasteiger partial charge in [-0.2, -0.15) is 5.10 Å². The van der Waals surface area contributed by atoms with Crippen molar-refractivity contribution in [2.75, 3.05) is 0 Å². The van der Waals surface area contributed by atoms with Crippen molar-refractivity contribution >= 4 is 22.7 Å². The zero-order chi connectivity index (χ0) is 19.4. The Labute approximate surface area is 156 Å². The lowest BCUT2D eigenvalue weighted by molar-refractivity contribution is -0.120. The first-order valence-corrected chi connectivity index (χ1v) is 8.79. The third-order valence-electron chi connectivity index (χ3n) is 4.34. The standard InChI is InChI=1S/C20H21FN4O2/c1-2-5-16(19(22)26)23-20(27)18-15-6-3-4-7-17(15)25(24-18)12-13-8-10-14(21)11-9-13/h3-4,6-11,16H,2,5,12H2,1H3,(H2,22,26)(H,23,27)/t16-/m0/s1. The van der Waals surface area contributed by atoms with Gasteiger partial charge in [-0.1, -0.05) is 43.7 Å². The van der Waals surface area contributed by atoms with E-state index in [1.54, 1.807) is 22.9 Å². The highest BCUT2D eigenvalue weighted by Gasteiger charge is 2.22. The van der Waals surface area contributed by atoms with Gasteiger partial charge in [0.2, 0.25) is 5.91 Å². The summed E-state index contributed by atoms with van der Waals surface area (Å²) in [6.07, 6.45) is 1.18. The summed E-state index contributed by atoms with van der Waals surface area (Å²) in [5, 5.41) is 7.79. The highest BCUT2D eigenvalue weighted by atomic mass is 19.1. The first-order valence-electron chi connectivity index (χ1n) is 8.79. The molecule has 0 radical (unpaired) electrons. The smallest absolute Gasteiger partial charge is 0.273 e. The minimum Gasteiger partial charge on any atom is -0.368 e. The van der Waals surface area contributed by atoms with Gasteiger partial charge in [0.05, 0.1) is 12.1 Å². The Morgan fingerprint density at radius 2 is 1.89 bits per heavy atom. The van der Waals surface area contributed by atoms with E-state index in [0.29, 0.717) is 24.8 Å². The van der Waals surface area contributed by atoms with E-state index in [9.17, 15) is 14.0 Å². The number of para-hydroxylation sites is 1. The largest absolute Gasteiger partial charge is 0.368 e. The summed E-state index contributed by atoms with van der Waals surface area (Å²) in [6, 6.07) is 12.7. The molecule has 0 unspecified atom stereocenters. The van der Waals surface area contributed by atoms with E-state index < -0.39 is 17.9 Å². The lowest BCUT2D eigenvalue weighted by Crippen LogP contribution is -2.44. The second-order valence-electron chi connectivity index (χ2n) is 6.37. The van der Waals surface area contributed by atoms with Crippen LogP contribution in [0.5, 0.6) is 0 Å². The molecule has 0 aliphatic heterocycles. The van der Waals surface area contributed by atoms with E-state index in [2.05, 4.69) is 10.4 Å². The number of hydrogen-bond donors (Lipinski definition) is 2. The van der Waals surface area contributed by atoms with Crippen molar-refractivity contribution in [3.63, 3.8) is 0 Å². The maximum atomic E-state index is 13.1. The Morgan fingerprint density at radius 3 is 2.56 bits per heavy atom. The van der Waals surface area contributed by atoms with Crippen molar-refractivity contribution in [1.82, 2.24) is 15.1 Å². The van der Waals surface area contributed by atoms with E-state index >= 15 is 0 Å². The molecule has 7 heteroatoms. The average Bonchev–Trinajstić information content (AvgIpc) is 3.02. The van der Waals surface area contributed by atoms with E-state index in [1.165, 1.54) is 12.1 Å². The van der Waals surface area contributed by atoms with Crippen molar-refractivity contribution in [2.45, 2.75) is 32.4 Å². The SMILES string of the molecule is CCC[C@H](NC(=O)c1nn(Cc2ccc(F)cc2)c2ccccc12)C(N)=O. The maximum absolute atomic E-state index is 13.1. The van der Waals surface area contributed by atoms with Crippen LogP contribution in [0.3, 0.4) is 0 Å². The minimum absolute atomic E-state index is 0.232. The summed E-state index contributed by atoms with van der Waals surface area (Å²) in [4.78, 5) is 24.3. The van der Waals surface area contributed by atoms with Crippen molar-refractivity contribution < 1.29 is 14.0 Å². The summed E-state index contributed by atoms with van der Waals surface area (Å²) in [7, 11) is 0. The maximum Gasteiger partial charge on any atom is 0.273 e. The summed E-state index contributed by atoms with van der Waals surface area (Å²) >= 11 is 0. The Kier molecular flexibility index (Phi) is 5.49. The number of halogens is 1. The molecule has 0 aliphatic carbocycles. The van der Waals surface area contributed by atoms with Gasteiger partial charge in [0, 0.05) is 5.39 Å². The third-order valence-corrected chi connectivity index (χ3v) is 4.34. The number of primary amides is 1. The van der Waals surface area contributed by atoms with Crippen LogP contribution in [-0.2, 0) is 11.3 Å². The van der Waals surface area contributed by atoms with Gasteiger partial charge in [-0.15, -0.1) is 0 Å². The van der Waals surface area contributed by atoms with Crippen LogP contribution >= 0.6 is 0 Å². The summed E-state index contributed by atoms with van der Waals surface area (Å²) in [6.45, 7) is 2.30. The molecule has 3 N–H and O–H groups in total. The minimum atomic E-state index is -0.733. The molecule has 0 bridgehead atoms. The molecule has 0 spiro atoms. The number of nitrogens with two attached hydrogens (primary N) is 1. The Bertz CT molecular complexity index is 966. The lowest BCUT2D eigenvalue weighted by atomic mass is 10.1. The van der Waals surface area contributed by atoms with Gasteiger partial charge in [-0.3, -0.25) is 14.3 Å². The third kappa shape index (κ3) is 4.13. The molecule has 1 atom stereocenters. The van der Waals surface area contributed by atoms with Crippen LogP contribution < -0.4 is 11.1 Å². The molecule has 6 nitrogen and oxygen atoms in total. The van der Waals surface area contributed by atoms with Crippen molar-refractivity contribution in [3.8, 4) is 0 Å². The second kappa shape index (κ2) is 7.99. The zero-order valence-corrected chi connectivity index (χ0v) is 15.0. The Morgan fingerprint density at radius 1 is 1.19 bits per heavy atom. The van der Waals surface area contributed by atoms with Crippen LogP contribution in [-0.4, -0.2) is 27.6 Å². The summed E-state index contributed by atoms with van der Waals surface area (Å²) in [5.41, 5.74) is 7.24. The van der Waals surface area contributed by atoms with Crippen LogP contribution in [0.25, 0.3) is 10.9 Å². The molecule has 2 aromatic carbocycles. The van der Waals surface area contributed by atoms with Gasteiger partial charge in [0.15, 0.2) is 5.69 Å². The Hall–Kier alpha value is -3.22. The van der Waals surface area contributed by atoms with E-state index in [1.807, 2.05) is 25.1 Å². The number of nitrogens with one attached hydrogen (secondary N) is 1. The topological polar surface area (TPSA) is 90.0 Å². The number of amides is 2. The van der Waals surface area contributed by atoms with E-state index in [0.717, 1.165) is 11.1 Å². The molecule has 3 rings (SSSR count). The van der Waals surface area contributed by atoms with Gasteiger partial charge in [-0.05, 0) is 30.2 Å². The highest BCUT2D eigenvalue weighted by Crippen LogP contribution is 2.20. The quantitative estimate of drug-likeness (QED) is 0.672. The monoisotopic (exact) mass is 368 g/mol. The molecule has 1 aromatic heterocycles. The van der Waals surface area contributed by atoms with E-state index in [-0.39, 0.29) is 11.5 Å². The van der Waals surface area contributed by atoms with E-state index in [4.69, 9.17) is 5.73 Å². The molecule has 140 valence electrons. The van der Waals surface area contributed by atoms with Crippen molar-refractivity contribution in [1.29, 1.82) is 0 Å².